The summed E-state index contributed by atoms with van der Waals surface area (Å²) in [5.74, 6) is 3.47. The minimum atomic E-state index is -0.423. The van der Waals surface area contributed by atoms with Crippen molar-refractivity contribution in [1.82, 2.24) is 5.32 Å². The first-order valence-electron chi connectivity index (χ1n) is 12.2. The molecule has 1 N–H and O–H groups in total. The molecule has 4 saturated carbocycles. The Labute approximate surface area is 178 Å². The molecule has 0 saturated heterocycles. The van der Waals surface area contributed by atoms with Crippen LogP contribution in [0, 0.1) is 34.5 Å². The molecular weight excluding hydrogens is 358 g/mol. The summed E-state index contributed by atoms with van der Waals surface area (Å²) in [7, 11) is 0. The van der Waals surface area contributed by atoms with Crippen LogP contribution in [-0.2, 0) is 4.74 Å². The molecule has 7 atom stereocenters. The molecule has 3 heteroatoms. The maximum atomic E-state index is 12.3. The smallest absolute Gasteiger partial charge is 0.407 e. The quantitative estimate of drug-likeness (QED) is 0.487. The topological polar surface area (TPSA) is 38.3 Å². The number of carbonyl (C=O) groups is 1. The number of fused-ring (bicyclic) bond motifs is 5. The predicted molar refractivity (Wildman–Crippen MR) is 119 cm³/mol. The SMILES string of the molecule is C/C=C1/CC[C@H]2[C@@H]3CCC4C[C@H](NC(=O)OC(C)(C)C)CC[C@]4(C)[C@H]3CC[C@]12C. The van der Waals surface area contributed by atoms with E-state index in [-0.39, 0.29) is 12.1 Å². The van der Waals surface area contributed by atoms with Gasteiger partial charge in [-0.05, 0) is 120 Å². The third-order valence-corrected chi connectivity index (χ3v) is 9.58. The van der Waals surface area contributed by atoms with Gasteiger partial charge < -0.3 is 10.1 Å². The molecule has 0 bridgehead atoms. The standard InChI is InChI=1S/C26H43NO2/c1-7-17-9-11-21-20-10-8-18-16-19(27-23(28)29-24(2,3)4)12-14-26(18,6)22(20)13-15-25(17,21)5/h7,18-22H,8-16H2,1-6H3,(H,27,28)/b17-7-/t18?,19-,20+,21+,22+,25-,26+/m1/s1. The van der Waals surface area contributed by atoms with Crippen molar-refractivity contribution in [2.75, 3.05) is 0 Å². The van der Waals surface area contributed by atoms with E-state index < -0.39 is 5.60 Å². The van der Waals surface area contributed by atoms with Crippen molar-refractivity contribution in [3.63, 3.8) is 0 Å². The predicted octanol–water partition coefficient (Wildman–Crippen LogP) is 6.87. The van der Waals surface area contributed by atoms with Crippen LogP contribution in [0.3, 0.4) is 0 Å². The molecule has 0 radical (unpaired) electrons. The Morgan fingerprint density at radius 3 is 2.52 bits per heavy atom. The molecule has 0 heterocycles. The van der Waals surface area contributed by atoms with Crippen molar-refractivity contribution < 1.29 is 9.53 Å². The van der Waals surface area contributed by atoms with Crippen molar-refractivity contribution in [3.05, 3.63) is 11.6 Å². The van der Waals surface area contributed by atoms with E-state index in [0.29, 0.717) is 10.8 Å². The molecule has 4 aliphatic rings. The second kappa shape index (κ2) is 7.31. The van der Waals surface area contributed by atoms with E-state index in [2.05, 4.69) is 32.2 Å². The molecule has 1 amide bonds. The highest BCUT2D eigenvalue weighted by Gasteiger charge is 2.58. The van der Waals surface area contributed by atoms with Crippen molar-refractivity contribution >= 4 is 6.09 Å². The Balaban J connectivity index is 1.44. The van der Waals surface area contributed by atoms with Crippen LogP contribution in [0.25, 0.3) is 0 Å². The highest BCUT2D eigenvalue weighted by Crippen LogP contribution is 2.67. The fourth-order valence-electron chi connectivity index (χ4n) is 8.19. The van der Waals surface area contributed by atoms with E-state index in [1.807, 2.05) is 20.8 Å². The van der Waals surface area contributed by atoms with Crippen LogP contribution in [0.5, 0.6) is 0 Å². The molecular formula is C26H43NO2. The summed E-state index contributed by atoms with van der Waals surface area (Å²) in [6.45, 7) is 13.2. The minimum absolute atomic E-state index is 0.238. The largest absolute Gasteiger partial charge is 0.444 e. The summed E-state index contributed by atoms with van der Waals surface area (Å²) in [5.41, 5.74) is 2.27. The first kappa shape index (κ1) is 21.2. The van der Waals surface area contributed by atoms with Gasteiger partial charge >= 0.3 is 6.09 Å². The summed E-state index contributed by atoms with van der Waals surface area (Å²) in [6.07, 6.45) is 14.0. The van der Waals surface area contributed by atoms with Crippen LogP contribution in [-0.4, -0.2) is 17.7 Å². The average Bonchev–Trinajstić information content (AvgIpc) is 2.96. The number of hydrogen-bond donors (Lipinski definition) is 1. The molecule has 1 unspecified atom stereocenters. The number of hydrogen-bond acceptors (Lipinski definition) is 2. The number of nitrogens with one attached hydrogen (secondary N) is 1. The fraction of sp³-hybridized carbons (Fsp3) is 0.885. The molecule has 4 rings (SSSR count). The number of alkyl carbamates (subject to hydrolysis) is 1. The van der Waals surface area contributed by atoms with Crippen LogP contribution in [0.1, 0.15) is 99.3 Å². The van der Waals surface area contributed by atoms with Gasteiger partial charge in [-0.1, -0.05) is 25.5 Å². The number of allylic oxidation sites excluding steroid dienone is 2. The zero-order chi connectivity index (χ0) is 21.0. The van der Waals surface area contributed by atoms with E-state index >= 15 is 0 Å². The normalized spacial score (nSPS) is 45.9. The fourth-order valence-corrected chi connectivity index (χ4v) is 8.19. The first-order valence-corrected chi connectivity index (χ1v) is 12.2. The minimum Gasteiger partial charge on any atom is -0.444 e. The lowest BCUT2D eigenvalue weighted by Gasteiger charge is -2.60. The van der Waals surface area contributed by atoms with Gasteiger partial charge in [-0.25, -0.2) is 4.79 Å². The second-order valence-electron chi connectivity index (χ2n) is 12.1. The third kappa shape index (κ3) is 3.65. The number of amides is 1. The van der Waals surface area contributed by atoms with Gasteiger partial charge in [0.1, 0.15) is 5.60 Å². The third-order valence-electron chi connectivity index (χ3n) is 9.58. The van der Waals surface area contributed by atoms with E-state index in [0.717, 1.165) is 36.5 Å². The Morgan fingerprint density at radius 1 is 1.07 bits per heavy atom. The molecule has 3 nitrogen and oxygen atoms in total. The lowest BCUT2D eigenvalue weighted by molar-refractivity contribution is -0.102. The Hall–Kier alpha value is -0.990. The molecule has 0 aliphatic heterocycles. The molecule has 29 heavy (non-hydrogen) atoms. The maximum absolute atomic E-state index is 12.3. The molecule has 4 aliphatic carbocycles. The summed E-state index contributed by atoms with van der Waals surface area (Å²) in [6, 6.07) is 0.287. The van der Waals surface area contributed by atoms with Gasteiger partial charge in [-0.2, -0.15) is 0 Å². The van der Waals surface area contributed by atoms with E-state index in [9.17, 15) is 4.79 Å². The molecule has 0 spiro atoms. The lowest BCUT2D eigenvalue weighted by Crippen LogP contribution is -2.55. The Morgan fingerprint density at radius 2 is 1.83 bits per heavy atom. The van der Waals surface area contributed by atoms with Crippen LogP contribution in [0.15, 0.2) is 11.6 Å². The summed E-state index contributed by atoms with van der Waals surface area (Å²) < 4.78 is 5.51. The van der Waals surface area contributed by atoms with Gasteiger partial charge in [0, 0.05) is 6.04 Å². The van der Waals surface area contributed by atoms with E-state index in [1.165, 1.54) is 44.9 Å². The van der Waals surface area contributed by atoms with Crippen LogP contribution in [0.2, 0.25) is 0 Å². The van der Waals surface area contributed by atoms with Gasteiger partial charge in [0.25, 0.3) is 0 Å². The zero-order valence-electron chi connectivity index (χ0n) is 19.6. The van der Waals surface area contributed by atoms with E-state index in [1.54, 1.807) is 5.57 Å². The Bertz CT molecular complexity index is 677. The molecule has 164 valence electrons. The van der Waals surface area contributed by atoms with Crippen LogP contribution < -0.4 is 5.32 Å². The summed E-state index contributed by atoms with van der Waals surface area (Å²) in [4.78, 5) is 12.3. The number of carbonyl (C=O) groups excluding carboxylic acids is 1. The van der Waals surface area contributed by atoms with Gasteiger partial charge in [0.15, 0.2) is 0 Å². The van der Waals surface area contributed by atoms with Gasteiger partial charge in [-0.15, -0.1) is 0 Å². The maximum Gasteiger partial charge on any atom is 0.407 e. The zero-order valence-corrected chi connectivity index (χ0v) is 19.6. The molecule has 0 aromatic rings. The molecule has 4 fully saturated rings. The molecule has 0 aromatic carbocycles. The summed E-state index contributed by atoms with van der Waals surface area (Å²) >= 11 is 0. The monoisotopic (exact) mass is 401 g/mol. The second-order valence-corrected chi connectivity index (χ2v) is 12.1. The van der Waals surface area contributed by atoms with Gasteiger partial charge in [0.2, 0.25) is 0 Å². The lowest BCUT2D eigenvalue weighted by atomic mass is 9.45. The number of ether oxygens (including phenoxy) is 1. The van der Waals surface area contributed by atoms with Crippen molar-refractivity contribution in [2.45, 2.75) is 111 Å². The summed E-state index contributed by atoms with van der Waals surface area (Å²) in [5, 5.41) is 3.19. The Kier molecular flexibility index (Phi) is 5.35. The first-order chi connectivity index (χ1) is 13.6. The van der Waals surface area contributed by atoms with E-state index in [4.69, 9.17) is 4.74 Å². The van der Waals surface area contributed by atoms with Gasteiger partial charge in [0.05, 0.1) is 0 Å². The average molecular weight is 402 g/mol. The van der Waals surface area contributed by atoms with Crippen molar-refractivity contribution in [1.29, 1.82) is 0 Å². The molecule has 0 aromatic heterocycles. The number of rotatable bonds is 1. The highest BCUT2D eigenvalue weighted by atomic mass is 16.6. The van der Waals surface area contributed by atoms with Crippen LogP contribution >= 0.6 is 0 Å². The van der Waals surface area contributed by atoms with Crippen molar-refractivity contribution in [3.8, 4) is 0 Å². The van der Waals surface area contributed by atoms with Crippen molar-refractivity contribution in [2.24, 2.45) is 34.5 Å². The van der Waals surface area contributed by atoms with Gasteiger partial charge in [-0.3, -0.25) is 0 Å². The van der Waals surface area contributed by atoms with Crippen LogP contribution in [0.4, 0.5) is 4.79 Å². The highest BCUT2D eigenvalue weighted by molar-refractivity contribution is 5.68.